The van der Waals surface area contributed by atoms with Gasteiger partial charge in [0.15, 0.2) is 5.82 Å². The maximum Gasteiger partial charge on any atom is 0.247 e. The lowest BCUT2D eigenvalue weighted by atomic mass is 10.2. The van der Waals surface area contributed by atoms with Crippen molar-refractivity contribution in [1.82, 2.24) is 25.1 Å². The Hall–Kier alpha value is -3.29. The Morgan fingerprint density at radius 2 is 1.75 bits per heavy atom. The molecule has 8 heteroatoms. The fraction of sp³-hybridized carbons (Fsp3) is 0.350. The highest BCUT2D eigenvalue weighted by Gasteiger charge is 2.20. The minimum Gasteiger partial charge on any atom is -0.358 e. The average Bonchev–Trinajstić information content (AvgIpc) is 2.79. The number of hydrogen-bond acceptors (Lipinski definition) is 8. The van der Waals surface area contributed by atoms with Crippen molar-refractivity contribution in [3.05, 3.63) is 60.7 Å². The maximum absolute atomic E-state index is 4.74. The number of nitrogens with zero attached hydrogens (tertiary/aromatic N) is 8. The lowest BCUT2D eigenvalue weighted by Gasteiger charge is -2.35. The van der Waals surface area contributed by atoms with Crippen LogP contribution < -0.4 is 14.7 Å². The molecule has 0 aliphatic carbocycles. The Bertz CT molecular complexity index is 866. The first-order valence-corrected chi connectivity index (χ1v) is 9.50. The molecule has 0 N–H and O–H groups in total. The van der Waals surface area contributed by atoms with Crippen LogP contribution in [-0.2, 0) is 6.42 Å². The monoisotopic (exact) mass is 376 g/mol. The van der Waals surface area contributed by atoms with Gasteiger partial charge in [-0.05, 0) is 36.2 Å². The summed E-state index contributed by atoms with van der Waals surface area (Å²) >= 11 is 0. The molecule has 1 aliphatic heterocycles. The van der Waals surface area contributed by atoms with Gasteiger partial charge in [-0.1, -0.05) is 6.07 Å². The molecule has 0 unspecified atom stereocenters. The van der Waals surface area contributed by atoms with Gasteiger partial charge in [-0.2, -0.15) is 10.1 Å². The first-order chi connectivity index (χ1) is 13.8. The van der Waals surface area contributed by atoms with Gasteiger partial charge in [-0.25, -0.2) is 4.98 Å². The van der Waals surface area contributed by atoms with E-state index in [9.17, 15) is 0 Å². The number of pyridine rings is 2. The zero-order valence-electron chi connectivity index (χ0n) is 16.0. The molecule has 8 nitrogen and oxygen atoms in total. The second-order valence-corrected chi connectivity index (χ2v) is 6.80. The van der Waals surface area contributed by atoms with E-state index in [0.717, 1.165) is 50.8 Å². The van der Waals surface area contributed by atoms with Crippen LogP contribution in [0.1, 0.15) is 5.56 Å². The number of hydrogen-bond donors (Lipinski definition) is 0. The number of likely N-dealkylation sites (N-methyl/N-ethyl adjacent to an activating group) is 1. The van der Waals surface area contributed by atoms with Crippen molar-refractivity contribution >= 4 is 17.6 Å². The van der Waals surface area contributed by atoms with Crippen LogP contribution in [0.2, 0.25) is 0 Å². The van der Waals surface area contributed by atoms with Gasteiger partial charge in [0.25, 0.3) is 0 Å². The highest BCUT2D eigenvalue weighted by atomic mass is 15.4. The molecule has 144 valence electrons. The number of anilines is 3. The molecule has 4 heterocycles. The molecule has 1 aliphatic rings. The van der Waals surface area contributed by atoms with E-state index in [1.165, 1.54) is 5.56 Å². The van der Waals surface area contributed by atoms with E-state index in [-0.39, 0.29) is 0 Å². The summed E-state index contributed by atoms with van der Waals surface area (Å²) in [5.74, 6) is 2.55. The van der Waals surface area contributed by atoms with Crippen molar-refractivity contribution in [2.24, 2.45) is 0 Å². The van der Waals surface area contributed by atoms with Crippen molar-refractivity contribution in [3.63, 3.8) is 0 Å². The molecule has 3 aromatic heterocycles. The smallest absolute Gasteiger partial charge is 0.247 e. The second-order valence-electron chi connectivity index (χ2n) is 6.80. The van der Waals surface area contributed by atoms with Crippen LogP contribution in [0.15, 0.2) is 55.1 Å². The predicted molar refractivity (Wildman–Crippen MR) is 110 cm³/mol. The predicted octanol–water partition coefficient (Wildman–Crippen LogP) is 1.67. The SMILES string of the molecule is CN(CCc1ccncc1)c1cnnc(N2CCN(c3ccccn3)CC2)n1. The van der Waals surface area contributed by atoms with E-state index in [1.54, 1.807) is 6.20 Å². The number of piperazine rings is 1. The highest BCUT2D eigenvalue weighted by molar-refractivity contribution is 5.44. The normalized spacial score (nSPS) is 14.2. The van der Waals surface area contributed by atoms with E-state index in [0.29, 0.717) is 5.95 Å². The van der Waals surface area contributed by atoms with Crippen molar-refractivity contribution in [2.45, 2.75) is 6.42 Å². The van der Waals surface area contributed by atoms with Crippen molar-refractivity contribution in [2.75, 3.05) is 54.5 Å². The Balaban J connectivity index is 1.36. The molecule has 1 saturated heterocycles. The van der Waals surface area contributed by atoms with Gasteiger partial charge in [-0.3, -0.25) is 4.98 Å². The quantitative estimate of drug-likeness (QED) is 0.643. The van der Waals surface area contributed by atoms with E-state index in [2.05, 4.69) is 34.9 Å². The first kappa shape index (κ1) is 18.1. The molecular weight excluding hydrogens is 352 g/mol. The molecule has 0 saturated carbocycles. The van der Waals surface area contributed by atoms with Gasteiger partial charge in [-0.15, -0.1) is 5.10 Å². The Kier molecular flexibility index (Phi) is 5.56. The Morgan fingerprint density at radius 1 is 0.964 bits per heavy atom. The van der Waals surface area contributed by atoms with E-state index in [4.69, 9.17) is 4.98 Å². The zero-order valence-corrected chi connectivity index (χ0v) is 16.0. The molecule has 0 radical (unpaired) electrons. The van der Waals surface area contributed by atoms with Crippen LogP contribution in [0.25, 0.3) is 0 Å². The summed E-state index contributed by atoms with van der Waals surface area (Å²) in [7, 11) is 2.04. The molecule has 4 rings (SSSR count). The standard InChI is InChI=1S/C20H24N8/c1-26(11-7-17-5-9-21-10-6-17)19-16-23-25-20(24-19)28-14-12-27(13-15-28)18-4-2-3-8-22-18/h2-6,8-10,16H,7,11-15H2,1H3. The Morgan fingerprint density at radius 3 is 2.50 bits per heavy atom. The van der Waals surface area contributed by atoms with E-state index >= 15 is 0 Å². The molecule has 0 atom stereocenters. The largest absolute Gasteiger partial charge is 0.358 e. The lowest BCUT2D eigenvalue weighted by molar-refractivity contribution is 0.629. The number of aromatic nitrogens is 5. The van der Waals surface area contributed by atoms with Crippen LogP contribution in [-0.4, -0.2) is 64.9 Å². The summed E-state index contributed by atoms with van der Waals surface area (Å²) in [5, 5.41) is 8.44. The second kappa shape index (κ2) is 8.60. The molecule has 3 aromatic rings. The summed E-state index contributed by atoms with van der Waals surface area (Å²) in [5.41, 5.74) is 1.26. The first-order valence-electron chi connectivity index (χ1n) is 9.50. The fourth-order valence-electron chi connectivity index (χ4n) is 3.24. The molecule has 0 bridgehead atoms. The van der Waals surface area contributed by atoms with Crippen LogP contribution in [0.5, 0.6) is 0 Å². The van der Waals surface area contributed by atoms with Crippen molar-refractivity contribution < 1.29 is 0 Å². The van der Waals surface area contributed by atoms with Crippen molar-refractivity contribution in [1.29, 1.82) is 0 Å². The zero-order chi connectivity index (χ0) is 19.2. The number of rotatable bonds is 6. The highest BCUT2D eigenvalue weighted by Crippen LogP contribution is 2.17. The van der Waals surface area contributed by atoms with Crippen LogP contribution in [0, 0.1) is 0 Å². The molecule has 28 heavy (non-hydrogen) atoms. The molecule has 0 amide bonds. The van der Waals surface area contributed by atoms with Gasteiger partial charge < -0.3 is 14.7 Å². The van der Waals surface area contributed by atoms with Gasteiger partial charge in [0, 0.05) is 58.4 Å². The molecule has 0 aromatic carbocycles. The molecule has 0 spiro atoms. The summed E-state index contributed by atoms with van der Waals surface area (Å²) in [6.07, 6.45) is 8.13. The van der Waals surface area contributed by atoms with Gasteiger partial charge in [0.05, 0.1) is 6.20 Å². The van der Waals surface area contributed by atoms with E-state index < -0.39 is 0 Å². The maximum atomic E-state index is 4.74. The lowest BCUT2D eigenvalue weighted by Crippen LogP contribution is -2.47. The van der Waals surface area contributed by atoms with Crippen LogP contribution >= 0.6 is 0 Å². The van der Waals surface area contributed by atoms with Crippen LogP contribution in [0.4, 0.5) is 17.6 Å². The van der Waals surface area contributed by atoms with Gasteiger partial charge >= 0.3 is 0 Å². The summed E-state index contributed by atoms with van der Waals surface area (Å²) in [4.78, 5) is 19.8. The summed E-state index contributed by atoms with van der Waals surface area (Å²) in [6.45, 7) is 4.34. The molecule has 1 fully saturated rings. The van der Waals surface area contributed by atoms with E-state index in [1.807, 2.05) is 56.0 Å². The summed E-state index contributed by atoms with van der Waals surface area (Å²) in [6, 6.07) is 10.1. The van der Waals surface area contributed by atoms with Gasteiger partial charge in [0.2, 0.25) is 5.95 Å². The average molecular weight is 376 g/mol. The summed E-state index contributed by atoms with van der Waals surface area (Å²) < 4.78 is 0. The third-order valence-corrected chi connectivity index (χ3v) is 4.95. The Labute approximate surface area is 164 Å². The third-order valence-electron chi connectivity index (χ3n) is 4.95. The van der Waals surface area contributed by atoms with Gasteiger partial charge in [0.1, 0.15) is 5.82 Å². The van der Waals surface area contributed by atoms with Crippen LogP contribution in [0.3, 0.4) is 0 Å². The topological polar surface area (TPSA) is 74.2 Å². The fourth-order valence-corrected chi connectivity index (χ4v) is 3.24. The third kappa shape index (κ3) is 4.33. The minimum absolute atomic E-state index is 0.689. The van der Waals surface area contributed by atoms with Crippen molar-refractivity contribution in [3.8, 4) is 0 Å². The molecular formula is C20H24N8. The minimum atomic E-state index is 0.689.